The number of piperidine rings is 1. The summed E-state index contributed by atoms with van der Waals surface area (Å²) in [5.41, 5.74) is 7.36. The molecule has 0 radical (unpaired) electrons. The van der Waals surface area contributed by atoms with Gasteiger partial charge < -0.3 is 16.0 Å². The van der Waals surface area contributed by atoms with Crippen LogP contribution in [0.5, 0.6) is 0 Å². The highest BCUT2D eigenvalue weighted by Crippen LogP contribution is 2.38. The number of amides is 2. The minimum absolute atomic E-state index is 0.0609. The van der Waals surface area contributed by atoms with Gasteiger partial charge in [0.25, 0.3) is 5.91 Å². The molecule has 1 saturated heterocycles. The molecule has 12 heteroatoms. The van der Waals surface area contributed by atoms with Crippen LogP contribution in [0, 0.1) is 0 Å². The van der Waals surface area contributed by atoms with Crippen LogP contribution in [0.4, 0.5) is 13.9 Å². The second-order valence-electron chi connectivity index (χ2n) is 7.87. The van der Waals surface area contributed by atoms with E-state index in [1.165, 1.54) is 10.4 Å². The number of halogens is 2. The Morgan fingerprint density at radius 2 is 1.91 bits per heavy atom. The fourth-order valence-electron chi connectivity index (χ4n) is 3.98. The van der Waals surface area contributed by atoms with Crippen molar-refractivity contribution in [3.05, 3.63) is 57.5 Å². The van der Waals surface area contributed by atoms with Crippen LogP contribution in [0.25, 0.3) is 0 Å². The first-order chi connectivity index (χ1) is 15.8. The maximum Gasteiger partial charge on any atom is 0.360 e. The number of anilines is 1. The highest BCUT2D eigenvalue weighted by Gasteiger charge is 2.47. The number of likely N-dealkylation sites (tertiary alicyclic amines) is 1. The average molecular weight is 493 g/mol. The fourth-order valence-corrected chi connectivity index (χ4v) is 5.18. The minimum Gasteiger partial charge on any atom is -0.374 e. The Morgan fingerprint density at radius 3 is 2.52 bits per heavy atom. The van der Waals surface area contributed by atoms with E-state index in [4.69, 9.17) is 5.73 Å². The second kappa shape index (κ2) is 9.48. The first kappa shape index (κ1) is 23.2. The first-order valence-corrected chi connectivity index (χ1v) is 12.0. The number of carbonyl (C=O) groups is 2. The Hall–Kier alpha value is -2.99. The molecule has 2 aromatic heterocycles. The lowest BCUT2D eigenvalue weighted by Gasteiger charge is -2.43. The molecule has 174 valence electrons. The molecule has 0 spiro atoms. The third kappa shape index (κ3) is 5.01. The van der Waals surface area contributed by atoms with E-state index in [9.17, 15) is 18.4 Å². The predicted molar refractivity (Wildman–Crippen MR) is 121 cm³/mol. The smallest absolute Gasteiger partial charge is 0.360 e. The van der Waals surface area contributed by atoms with Gasteiger partial charge in [-0.3, -0.25) is 14.6 Å². The average Bonchev–Trinajstić information content (AvgIpc) is 3.51. The molecule has 1 aromatic carbocycles. The Kier molecular flexibility index (Phi) is 6.66. The number of carbonyl (C=O) groups excluding carboxylic acids is 2. The molecule has 1 aliphatic heterocycles. The lowest BCUT2D eigenvalue weighted by atomic mass is 9.72. The van der Waals surface area contributed by atoms with Crippen molar-refractivity contribution in [3.8, 4) is 0 Å². The molecule has 3 heterocycles. The van der Waals surface area contributed by atoms with E-state index in [-0.39, 0.29) is 30.3 Å². The minimum atomic E-state index is -3.61. The zero-order valence-corrected chi connectivity index (χ0v) is 19.2. The van der Waals surface area contributed by atoms with E-state index < -0.39 is 17.2 Å². The lowest BCUT2D eigenvalue weighted by Crippen LogP contribution is -2.53. The van der Waals surface area contributed by atoms with E-state index in [0.29, 0.717) is 29.5 Å². The Morgan fingerprint density at radius 1 is 1.18 bits per heavy atom. The molecule has 1 aliphatic rings. The number of benzene rings is 1. The zero-order chi connectivity index (χ0) is 23.5. The van der Waals surface area contributed by atoms with Gasteiger partial charge in [-0.15, -0.1) is 21.5 Å². The van der Waals surface area contributed by atoms with E-state index in [0.717, 1.165) is 34.4 Å². The van der Waals surface area contributed by atoms with Crippen LogP contribution in [0.1, 0.15) is 28.3 Å². The summed E-state index contributed by atoms with van der Waals surface area (Å²) < 4.78 is 29.3. The molecule has 0 atom stereocenters. The van der Waals surface area contributed by atoms with Gasteiger partial charge >= 0.3 is 5.92 Å². The van der Waals surface area contributed by atoms with Crippen LogP contribution in [0.3, 0.4) is 0 Å². The maximum absolute atomic E-state index is 14.6. The standard InChI is InChI=1S/C21H22F2N6O2S2/c22-21(23,15-11-25-13-32-15)18(31)29-8-6-20(7-9-29,14-4-2-1-3-5-14)12-26-16(30)10-17-27-28-19(24)33-17/h1-5,11,13H,6-10,12H2,(H2,24,28)(H,26,30). The van der Waals surface area contributed by atoms with Crippen LogP contribution in [0.15, 0.2) is 42.0 Å². The number of nitrogens with one attached hydrogen (secondary N) is 1. The van der Waals surface area contributed by atoms with Crippen LogP contribution >= 0.6 is 22.7 Å². The largest absolute Gasteiger partial charge is 0.374 e. The molecule has 2 amide bonds. The van der Waals surface area contributed by atoms with Gasteiger partial charge in [-0.05, 0) is 18.4 Å². The number of thiazole rings is 1. The molecule has 4 rings (SSSR count). The van der Waals surface area contributed by atoms with E-state index in [1.54, 1.807) is 0 Å². The summed E-state index contributed by atoms with van der Waals surface area (Å²) >= 11 is 1.91. The van der Waals surface area contributed by atoms with E-state index in [1.807, 2.05) is 30.3 Å². The molecule has 3 N–H and O–H groups in total. The van der Waals surface area contributed by atoms with Crippen LogP contribution in [0.2, 0.25) is 0 Å². The van der Waals surface area contributed by atoms with Crippen molar-refractivity contribution >= 4 is 39.6 Å². The predicted octanol–water partition coefficient (Wildman–Crippen LogP) is 2.59. The summed E-state index contributed by atoms with van der Waals surface area (Å²) in [6, 6.07) is 9.61. The number of nitrogens with zero attached hydrogens (tertiary/aromatic N) is 4. The van der Waals surface area contributed by atoms with Crippen molar-refractivity contribution in [2.45, 2.75) is 30.6 Å². The van der Waals surface area contributed by atoms with Gasteiger partial charge in [0.05, 0.1) is 11.9 Å². The second-order valence-corrected chi connectivity index (χ2v) is 9.85. The van der Waals surface area contributed by atoms with Crippen molar-refractivity contribution in [1.29, 1.82) is 0 Å². The summed E-state index contributed by atoms with van der Waals surface area (Å²) in [5, 5.41) is 11.3. The van der Waals surface area contributed by atoms with Crippen molar-refractivity contribution < 1.29 is 18.4 Å². The SMILES string of the molecule is Nc1nnc(CC(=O)NCC2(c3ccccc3)CCN(C(=O)C(F)(F)c3cncs3)CC2)s1. The summed E-state index contributed by atoms with van der Waals surface area (Å²) in [4.78, 5) is 29.6. The third-order valence-electron chi connectivity index (χ3n) is 5.82. The van der Waals surface area contributed by atoms with Crippen molar-refractivity contribution in [2.24, 2.45) is 0 Å². The molecule has 8 nitrogen and oxygen atoms in total. The van der Waals surface area contributed by atoms with Gasteiger partial charge in [0.15, 0.2) is 0 Å². The maximum atomic E-state index is 14.6. The Balaban J connectivity index is 1.45. The molecule has 0 bridgehead atoms. The van der Waals surface area contributed by atoms with Crippen LogP contribution in [-0.4, -0.2) is 51.5 Å². The normalized spacial score (nSPS) is 15.9. The Bertz CT molecular complexity index is 1100. The Labute approximate surface area is 196 Å². The van der Waals surface area contributed by atoms with Gasteiger partial charge in [0.1, 0.15) is 9.88 Å². The molecule has 33 heavy (non-hydrogen) atoms. The highest BCUT2D eigenvalue weighted by molar-refractivity contribution is 7.15. The van der Waals surface area contributed by atoms with E-state index in [2.05, 4.69) is 20.5 Å². The van der Waals surface area contributed by atoms with Gasteiger partial charge in [-0.2, -0.15) is 8.78 Å². The number of hydrogen-bond acceptors (Lipinski definition) is 8. The van der Waals surface area contributed by atoms with Gasteiger partial charge in [0.2, 0.25) is 11.0 Å². The summed E-state index contributed by atoms with van der Waals surface area (Å²) in [7, 11) is 0. The number of aromatic nitrogens is 3. The molecular formula is C21H22F2N6O2S2. The monoisotopic (exact) mass is 492 g/mol. The number of alkyl halides is 2. The number of hydrogen-bond donors (Lipinski definition) is 2. The molecule has 1 fully saturated rings. The number of nitrogen functional groups attached to an aromatic ring is 1. The van der Waals surface area contributed by atoms with E-state index >= 15 is 0 Å². The number of rotatable bonds is 7. The van der Waals surface area contributed by atoms with Crippen molar-refractivity contribution in [2.75, 3.05) is 25.4 Å². The quantitative estimate of drug-likeness (QED) is 0.524. The lowest BCUT2D eigenvalue weighted by molar-refractivity contribution is -0.160. The molecular weight excluding hydrogens is 470 g/mol. The molecule has 0 aliphatic carbocycles. The molecule has 3 aromatic rings. The zero-order valence-electron chi connectivity index (χ0n) is 17.5. The summed E-state index contributed by atoms with van der Waals surface area (Å²) in [6.45, 7) is 0.632. The van der Waals surface area contributed by atoms with Gasteiger partial charge in [-0.25, -0.2) is 0 Å². The van der Waals surface area contributed by atoms with Crippen molar-refractivity contribution in [3.63, 3.8) is 0 Å². The third-order valence-corrected chi connectivity index (χ3v) is 7.42. The van der Waals surface area contributed by atoms with Gasteiger partial charge in [-0.1, -0.05) is 41.7 Å². The number of nitrogens with two attached hydrogens (primary N) is 1. The van der Waals surface area contributed by atoms with Crippen LogP contribution in [-0.2, 0) is 27.3 Å². The first-order valence-electron chi connectivity index (χ1n) is 10.3. The summed E-state index contributed by atoms with van der Waals surface area (Å²) in [6.07, 6.45) is 1.97. The molecule has 0 saturated carbocycles. The van der Waals surface area contributed by atoms with Crippen molar-refractivity contribution in [1.82, 2.24) is 25.4 Å². The van der Waals surface area contributed by atoms with Crippen LogP contribution < -0.4 is 11.1 Å². The molecule has 0 unspecified atom stereocenters. The van der Waals surface area contributed by atoms with Gasteiger partial charge in [0, 0.05) is 31.2 Å². The topological polar surface area (TPSA) is 114 Å². The summed E-state index contributed by atoms with van der Waals surface area (Å²) in [5.74, 6) is -5.05. The fraction of sp³-hybridized carbons (Fsp3) is 0.381. The highest BCUT2D eigenvalue weighted by atomic mass is 32.1.